The zero-order valence-corrected chi connectivity index (χ0v) is 9.96. The molecule has 2 nitrogen and oxygen atoms in total. The maximum absolute atomic E-state index is 11.8. The number of Topliss-reactive ketones (excluding diaryl/α,β-unsaturated/α-hetero) is 1. The molecule has 0 aliphatic carbocycles. The summed E-state index contributed by atoms with van der Waals surface area (Å²) in [6.07, 6.45) is 2.08. The number of rotatable bonds is 2. The Morgan fingerprint density at radius 3 is 2.29 bits per heavy atom. The molecule has 1 aliphatic rings. The molecule has 1 fully saturated rings. The molecule has 0 N–H and O–H groups in total. The normalized spacial score (nSPS) is 33.4. The van der Waals surface area contributed by atoms with Crippen LogP contribution in [-0.2, 0) is 9.53 Å². The zero-order valence-electron chi connectivity index (χ0n) is 9.96. The summed E-state index contributed by atoms with van der Waals surface area (Å²) in [4.78, 5) is 11.8. The minimum atomic E-state index is -0.224. The third-order valence-electron chi connectivity index (χ3n) is 3.09. The second-order valence-electron chi connectivity index (χ2n) is 5.55. The summed E-state index contributed by atoms with van der Waals surface area (Å²) in [7, 11) is 0. The molecule has 1 heterocycles. The first-order chi connectivity index (χ1) is 6.30. The number of hydrogen-bond acceptors (Lipinski definition) is 2. The van der Waals surface area contributed by atoms with Crippen molar-refractivity contribution in [3.05, 3.63) is 0 Å². The van der Waals surface area contributed by atoms with E-state index in [-0.39, 0.29) is 11.5 Å². The van der Waals surface area contributed by atoms with Gasteiger partial charge in [0.25, 0.3) is 0 Å². The summed E-state index contributed by atoms with van der Waals surface area (Å²) in [5, 5.41) is 0. The molecule has 1 aliphatic heterocycles. The van der Waals surface area contributed by atoms with Crippen molar-refractivity contribution in [3.63, 3.8) is 0 Å². The largest absolute Gasteiger partial charge is 0.375 e. The van der Waals surface area contributed by atoms with Crippen LogP contribution < -0.4 is 0 Å². The average molecular weight is 198 g/mol. The highest BCUT2D eigenvalue weighted by Gasteiger charge is 2.32. The van der Waals surface area contributed by atoms with Gasteiger partial charge in [0.15, 0.2) is 0 Å². The predicted molar refractivity (Wildman–Crippen MR) is 57.2 cm³/mol. The molecule has 1 rings (SSSR count). The van der Waals surface area contributed by atoms with Gasteiger partial charge in [-0.2, -0.15) is 0 Å². The molecule has 0 aromatic heterocycles. The van der Waals surface area contributed by atoms with E-state index in [1.807, 2.05) is 20.8 Å². The fraction of sp³-hybridized carbons (Fsp3) is 0.917. The zero-order chi connectivity index (χ0) is 10.9. The number of ketones is 1. The summed E-state index contributed by atoms with van der Waals surface area (Å²) >= 11 is 0. The van der Waals surface area contributed by atoms with Gasteiger partial charge in [-0.15, -0.1) is 0 Å². The van der Waals surface area contributed by atoms with Gasteiger partial charge in [0.2, 0.25) is 0 Å². The van der Waals surface area contributed by atoms with Crippen molar-refractivity contribution in [1.29, 1.82) is 0 Å². The molecule has 2 heteroatoms. The molecule has 0 radical (unpaired) electrons. The van der Waals surface area contributed by atoms with Crippen molar-refractivity contribution >= 4 is 5.78 Å². The lowest BCUT2D eigenvalue weighted by molar-refractivity contribution is -0.128. The summed E-state index contributed by atoms with van der Waals surface area (Å²) in [6.45, 7) is 10.2. The number of ether oxygens (including phenoxy) is 1. The van der Waals surface area contributed by atoms with E-state index in [1.54, 1.807) is 0 Å². The second kappa shape index (κ2) is 4.01. The highest BCUT2D eigenvalue weighted by atomic mass is 16.5. The lowest BCUT2D eigenvalue weighted by Crippen LogP contribution is -2.25. The molecule has 0 spiro atoms. The van der Waals surface area contributed by atoms with E-state index in [1.165, 1.54) is 0 Å². The lowest BCUT2D eigenvalue weighted by Gasteiger charge is -2.19. The molecule has 3 atom stereocenters. The Hall–Kier alpha value is -0.370. The van der Waals surface area contributed by atoms with E-state index in [0.29, 0.717) is 24.2 Å². The average Bonchev–Trinajstić information content (AvgIpc) is 2.29. The Morgan fingerprint density at radius 1 is 1.36 bits per heavy atom. The maximum atomic E-state index is 11.8. The van der Waals surface area contributed by atoms with Gasteiger partial charge in [0.05, 0.1) is 12.2 Å². The minimum Gasteiger partial charge on any atom is -0.375 e. The molecule has 0 saturated carbocycles. The van der Waals surface area contributed by atoms with Crippen LogP contribution in [0, 0.1) is 11.3 Å². The molecular weight excluding hydrogens is 176 g/mol. The summed E-state index contributed by atoms with van der Waals surface area (Å²) in [5.74, 6) is 0.900. The topological polar surface area (TPSA) is 26.3 Å². The first kappa shape index (κ1) is 11.7. The Bertz CT molecular complexity index is 205. The number of carbonyl (C=O) groups is 1. The molecule has 14 heavy (non-hydrogen) atoms. The van der Waals surface area contributed by atoms with Crippen LogP contribution in [0.15, 0.2) is 0 Å². The van der Waals surface area contributed by atoms with Gasteiger partial charge in [-0.3, -0.25) is 4.79 Å². The molecule has 0 aromatic carbocycles. The minimum absolute atomic E-state index is 0.159. The van der Waals surface area contributed by atoms with Crippen molar-refractivity contribution in [2.75, 3.05) is 0 Å². The summed E-state index contributed by atoms with van der Waals surface area (Å²) < 4.78 is 5.72. The Balaban J connectivity index is 2.44. The molecule has 0 amide bonds. The van der Waals surface area contributed by atoms with E-state index in [2.05, 4.69) is 13.8 Å². The molecule has 0 aromatic rings. The Morgan fingerprint density at radius 2 is 1.93 bits per heavy atom. The number of carbonyl (C=O) groups excluding carboxylic acids is 1. The van der Waals surface area contributed by atoms with Crippen LogP contribution in [0.5, 0.6) is 0 Å². The van der Waals surface area contributed by atoms with E-state index < -0.39 is 0 Å². The van der Waals surface area contributed by atoms with Crippen LogP contribution in [0.1, 0.15) is 47.5 Å². The maximum Gasteiger partial charge on any atom is 0.140 e. The summed E-state index contributed by atoms with van der Waals surface area (Å²) in [6, 6.07) is 0. The first-order valence-electron chi connectivity index (χ1n) is 5.49. The highest BCUT2D eigenvalue weighted by Crippen LogP contribution is 2.30. The number of hydrogen-bond donors (Lipinski definition) is 0. The Kier molecular flexibility index (Phi) is 3.36. The van der Waals surface area contributed by atoms with E-state index in [9.17, 15) is 4.79 Å². The van der Waals surface area contributed by atoms with Crippen LogP contribution in [0.4, 0.5) is 0 Å². The van der Waals surface area contributed by atoms with Gasteiger partial charge in [0.1, 0.15) is 5.78 Å². The van der Waals surface area contributed by atoms with Crippen molar-refractivity contribution in [3.8, 4) is 0 Å². The van der Waals surface area contributed by atoms with E-state index in [0.717, 1.165) is 6.42 Å². The lowest BCUT2D eigenvalue weighted by atomic mass is 9.86. The highest BCUT2D eigenvalue weighted by molar-refractivity contribution is 5.84. The van der Waals surface area contributed by atoms with Gasteiger partial charge < -0.3 is 4.74 Å². The van der Waals surface area contributed by atoms with Crippen LogP contribution >= 0.6 is 0 Å². The van der Waals surface area contributed by atoms with Crippen molar-refractivity contribution in [1.82, 2.24) is 0 Å². The fourth-order valence-electron chi connectivity index (χ4n) is 1.74. The monoisotopic (exact) mass is 198 g/mol. The van der Waals surface area contributed by atoms with E-state index in [4.69, 9.17) is 4.74 Å². The molecular formula is C12H22O2. The molecule has 1 saturated heterocycles. The standard InChI is InChI=1S/C12H22O2/c1-8-6-10(14-9(8)2)7-11(13)12(3,4)5/h8-10H,6-7H2,1-5H3/t8-,9+,10+/m0/s1. The van der Waals surface area contributed by atoms with Crippen LogP contribution in [0.3, 0.4) is 0 Å². The summed E-state index contributed by atoms with van der Waals surface area (Å²) in [5.41, 5.74) is -0.224. The SMILES string of the molecule is C[C@H]1C[C@H](CC(=O)C(C)(C)C)O[C@@H]1C. The third-order valence-corrected chi connectivity index (χ3v) is 3.09. The van der Waals surface area contributed by atoms with E-state index >= 15 is 0 Å². The molecule has 0 unspecified atom stereocenters. The molecule has 82 valence electrons. The van der Waals surface area contributed by atoms with Crippen LogP contribution in [0.25, 0.3) is 0 Å². The van der Waals surface area contributed by atoms with Crippen molar-refractivity contribution in [2.24, 2.45) is 11.3 Å². The Labute approximate surface area is 87.0 Å². The van der Waals surface area contributed by atoms with Crippen LogP contribution in [-0.4, -0.2) is 18.0 Å². The third kappa shape index (κ3) is 2.81. The van der Waals surface area contributed by atoms with Gasteiger partial charge in [-0.25, -0.2) is 0 Å². The van der Waals surface area contributed by atoms with Gasteiger partial charge in [-0.1, -0.05) is 27.7 Å². The van der Waals surface area contributed by atoms with Gasteiger partial charge in [-0.05, 0) is 19.3 Å². The van der Waals surface area contributed by atoms with Crippen molar-refractivity contribution in [2.45, 2.75) is 59.7 Å². The quantitative estimate of drug-likeness (QED) is 0.682. The first-order valence-corrected chi connectivity index (χ1v) is 5.49. The molecule has 0 bridgehead atoms. The van der Waals surface area contributed by atoms with Gasteiger partial charge in [0, 0.05) is 11.8 Å². The smallest absolute Gasteiger partial charge is 0.140 e. The van der Waals surface area contributed by atoms with Gasteiger partial charge >= 0.3 is 0 Å². The predicted octanol–water partition coefficient (Wildman–Crippen LogP) is 2.81. The van der Waals surface area contributed by atoms with Crippen molar-refractivity contribution < 1.29 is 9.53 Å². The van der Waals surface area contributed by atoms with Crippen LogP contribution in [0.2, 0.25) is 0 Å². The second-order valence-corrected chi connectivity index (χ2v) is 5.55. The fourth-order valence-corrected chi connectivity index (χ4v) is 1.74.